The summed E-state index contributed by atoms with van der Waals surface area (Å²) >= 11 is 0. The summed E-state index contributed by atoms with van der Waals surface area (Å²) in [5.74, 6) is 0. The fourth-order valence-corrected chi connectivity index (χ4v) is 1.72. The van der Waals surface area contributed by atoms with E-state index in [4.69, 9.17) is 0 Å². The van der Waals surface area contributed by atoms with E-state index in [-0.39, 0.29) is 0 Å². The summed E-state index contributed by atoms with van der Waals surface area (Å²) in [6, 6.07) is 0. The van der Waals surface area contributed by atoms with Crippen LogP contribution >= 0.6 is 0 Å². The van der Waals surface area contributed by atoms with Gasteiger partial charge in [-0.05, 0) is 42.1 Å². The highest BCUT2D eigenvalue weighted by Gasteiger charge is 2.04. The minimum Gasteiger partial charge on any atom is -0.0991 e. The maximum Gasteiger partial charge on any atom is -0.0236 e. The molecule has 0 spiro atoms. The van der Waals surface area contributed by atoms with Gasteiger partial charge in [-0.15, -0.1) is 0 Å². The van der Waals surface area contributed by atoms with E-state index in [1.807, 2.05) is 38.2 Å². The van der Waals surface area contributed by atoms with Crippen LogP contribution in [0.4, 0.5) is 0 Å². The van der Waals surface area contributed by atoms with Crippen LogP contribution in [0.3, 0.4) is 0 Å². The Kier molecular flexibility index (Phi) is 9.62. The minimum atomic E-state index is 0.886. The molecule has 0 heterocycles. The first-order valence-corrected chi connectivity index (χ1v) is 7.45. The predicted octanol–water partition coefficient (Wildman–Crippen LogP) is 6.65. The van der Waals surface area contributed by atoms with Crippen molar-refractivity contribution in [2.45, 2.75) is 33.6 Å². The first-order valence-electron chi connectivity index (χ1n) is 7.45. The molecular formula is C21H28. The summed E-state index contributed by atoms with van der Waals surface area (Å²) in [5, 5.41) is 0. The highest BCUT2D eigenvalue weighted by Crippen LogP contribution is 2.24. The van der Waals surface area contributed by atoms with E-state index < -0.39 is 0 Å². The zero-order valence-corrected chi connectivity index (χ0v) is 13.8. The Morgan fingerprint density at radius 2 is 1.57 bits per heavy atom. The van der Waals surface area contributed by atoms with Gasteiger partial charge in [0.25, 0.3) is 0 Å². The van der Waals surface area contributed by atoms with Crippen molar-refractivity contribution in [3.8, 4) is 0 Å². The SMILES string of the molecule is C=C/C=C\C(=C)C(=C)/C=C\C(=C)C1=CC=C(C)CC1.CC. The Hall–Kier alpha value is -2.08. The Morgan fingerprint density at radius 3 is 2.10 bits per heavy atom. The maximum absolute atomic E-state index is 4.11. The van der Waals surface area contributed by atoms with Gasteiger partial charge in [0.1, 0.15) is 0 Å². The topological polar surface area (TPSA) is 0 Å². The zero-order chi connectivity index (χ0) is 16.3. The van der Waals surface area contributed by atoms with Crippen molar-refractivity contribution in [2.24, 2.45) is 0 Å². The van der Waals surface area contributed by atoms with E-state index in [2.05, 4.69) is 45.4 Å². The molecule has 0 fully saturated rings. The second-order valence-corrected chi connectivity index (χ2v) is 4.71. The van der Waals surface area contributed by atoms with Crippen molar-refractivity contribution in [3.05, 3.63) is 96.7 Å². The summed E-state index contributed by atoms with van der Waals surface area (Å²) < 4.78 is 0. The summed E-state index contributed by atoms with van der Waals surface area (Å²) in [5.41, 5.74) is 5.54. The molecule has 1 rings (SSSR count). The molecule has 0 aliphatic heterocycles. The van der Waals surface area contributed by atoms with E-state index in [0.717, 1.165) is 29.6 Å². The quantitative estimate of drug-likeness (QED) is 0.478. The lowest BCUT2D eigenvalue weighted by Gasteiger charge is -2.12. The van der Waals surface area contributed by atoms with Crippen LogP contribution in [0.15, 0.2) is 96.7 Å². The van der Waals surface area contributed by atoms with Crippen molar-refractivity contribution in [1.82, 2.24) is 0 Å². The summed E-state index contributed by atoms with van der Waals surface area (Å²) in [7, 11) is 0. The van der Waals surface area contributed by atoms with Crippen molar-refractivity contribution >= 4 is 0 Å². The monoisotopic (exact) mass is 280 g/mol. The largest absolute Gasteiger partial charge is 0.0991 e. The van der Waals surface area contributed by atoms with Crippen LogP contribution < -0.4 is 0 Å². The second kappa shape index (κ2) is 10.7. The summed E-state index contributed by atoms with van der Waals surface area (Å²) in [4.78, 5) is 0. The molecule has 0 N–H and O–H groups in total. The molecule has 0 atom stereocenters. The van der Waals surface area contributed by atoms with E-state index in [9.17, 15) is 0 Å². The molecule has 1 aliphatic rings. The third-order valence-corrected chi connectivity index (χ3v) is 3.10. The molecule has 0 aromatic heterocycles. The summed E-state index contributed by atoms with van der Waals surface area (Å²) in [6.45, 7) is 21.8. The highest BCUT2D eigenvalue weighted by atomic mass is 14.1. The van der Waals surface area contributed by atoms with Gasteiger partial charge in [-0.3, -0.25) is 0 Å². The molecule has 0 aromatic carbocycles. The van der Waals surface area contributed by atoms with Crippen molar-refractivity contribution in [2.75, 3.05) is 0 Å². The molecule has 21 heavy (non-hydrogen) atoms. The van der Waals surface area contributed by atoms with Crippen molar-refractivity contribution < 1.29 is 0 Å². The average molecular weight is 280 g/mol. The molecule has 1 aliphatic carbocycles. The predicted molar refractivity (Wildman–Crippen MR) is 98.3 cm³/mol. The molecule has 0 bridgehead atoms. The van der Waals surface area contributed by atoms with Crippen molar-refractivity contribution in [3.63, 3.8) is 0 Å². The molecule has 0 nitrogen and oxygen atoms in total. The number of rotatable bonds is 6. The van der Waals surface area contributed by atoms with Crippen LogP contribution in [0.5, 0.6) is 0 Å². The van der Waals surface area contributed by atoms with Crippen LogP contribution in [0.25, 0.3) is 0 Å². The Bertz CT molecular complexity index is 516. The molecule has 0 amide bonds. The number of hydrogen-bond acceptors (Lipinski definition) is 0. The zero-order valence-electron chi connectivity index (χ0n) is 13.8. The molecule has 0 saturated heterocycles. The first kappa shape index (κ1) is 18.9. The Morgan fingerprint density at radius 1 is 0.952 bits per heavy atom. The van der Waals surface area contributed by atoms with Gasteiger partial charge in [-0.1, -0.05) is 88.3 Å². The van der Waals surface area contributed by atoms with E-state index in [1.54, 1.807) is 6.08 Å². The third kappa shape index (κ3) is 7.31. The lowest BCUT2D eigenvalue weighted by atomic mass is 9.94. The van der Waals surface area contributed by atoms with Crippen LogP contribution in [0.2, 0.25) is 0 Å². The van der Waals surface area contributed by atoms with E-state index in [1.165, 1.54) is 11.1 Å². The van der Waals surface area contributed by atoms with Crippen LogP contribution in [-0.4, -0.2) is 0 Å². The second-order valence-electron chi connectivity index (χ2n) is 4.71. The molecular weight excluding hydrogens is 252 g/mol. The van der Waals surface area contributed by atoms with Crippen molar-refractivity contribution in [1.29, 1.82) is 0 Å². The van der Waals surface area contributed by atoms with Gasteiger partial charge in [0, 0.05) is 0 Å². The molecule has 0 unspecified atom stereocenters. The van der Waals surface area contributed by atoms with Gasteiger partial charge in [0.05, 0.1) is 0 Å². The number of allylic oxidation sites excluding steroid dienone is 12. The van der Waals surface area contributed by atoms with Gasteiger partial charge >= 0.3 is 0 Å². The van der Waals surface area contributed by atoms with Gasteiger partial charge in [0.15, 0.2) is 0 Å². The Balaban J connectivity index is 0.00000191. The van der Waals surface area contributed by atoms with Crippen LogP contribution in [0, 0.1) is 0 Å². The average Bonchev–Trinajstić information content (AvgIpc) is 2.52. The first-order chi connectivity index (χ1) is 10.0. The van der Waals surface area contributed by atoms with Crippen LogP contribution in [0.1, 0.15) is 33.6 Å². The van der Waals surface area contributed by atoms with Crippen LogP contribution in [-0.2, 0) is 0 Å². The van der Waals surface area contributed by atoms with Gasteiger partial charge in [-0.25, -0.2) is 0 Å². The van der Waals surface area contributed by atoms with E-state index in [0.29, 0.717) is 0 Å². The van der Waals surface area contributed by atoms with Gasteiger partial charge < -0.3 is 0 Å². The third-order valence-electron chi connectivity index (χ3n) is 3.10. The Labute approximate surface area is 131 Å². The lowest BCUT2D eigenvalue weighted by Crippen LogP contribution is -1.92. The van der Waals surface area contributed by atoms with Gasteiger partial charge in [0.2, 0.25) is 0 Å². The van der Waals surface area contributed by atoms with Gasteiger partial charge in [-0.2, -0.15) is 0 Å². The summed E-state index contributed by atoms with van der Waals surface area (Å²) in [6.07, 6.45) is 16.0. The molecule has 0 heteroatoms. The van der Waals surface area contributed by atoms with E-state index >= 15 is 0 Å². The smallest absolute Gasteiger partial charge is 0.0236 e. The lowest BCUT2D eigenvalue weighted by molar-refractivity contribution is 0.919. The standard InChI is InChI=1S/C19H22.C2H6/c1-6-7-8-16(3)17(4)11-12-18(5)19-13-9-15(2)10-14-19;1-2/h6-9,11-13H,1,3-5,10,14H2,2H3;1-2H3/b8-7-,12-11-;. The normalized spacial score (nSPS) is 14.0. The molecule has 0 radical (unpaired) electrons. The fraction of sp³-hybridized carbons (Fsp3) is 0.238. The minimum absolute atomic E-state index is 0.886. The fourth-order valence-electron chi connectivity index (χ4n) is 1.72. The maximum atomic E-state index is 4.11. The highest BCUT2D eigenvalue weighted by molar-refractivity contribution is 5.48. The molecule has 0 saturated carbocycles. The molecule has 112 valence electrons. The molecule has 0 aromatic rings. The number of hydrogen-bond donors (Lipinski definition) is 0.